The number of para-hydroxylation sites is 1. The highest BCUT2D eigenvalue weighted by Crippen LogP contribution is 2.31. The number of Topliss-reactive ketones (excluding diaryl/α,β-unsaturated/α-hetero) is 1. The molecule has 1 aromatic carbocycles. The lowest BCUT2D eigenvalue weighted by Gasteiger charge is -2.16. The molecule has 1 aliphatic rings. The van der Waals surface area contributed by atoms with Crippen molar-refractivity contribution in [2.24, 2.45) is 0 Å². The van der Waals surface area contributed by atoms with E-state index in [0.717, 1.165) is 6.42 Å². The fraction of sp³-hybridized carbons (Fsp3) is 0.231. The Morgan fingerprint density at radius 1 is 1.35 bits per heavy atom. The third-order valence-electron chi connectivity index (χ3n) is 2.73. The summed E-state index contributed by atoms with van der Waals surface area (Å²) in [6, 6.07) is 4.17. The van der Waals surface area contributed by atoms with Crippen LogP contribution in [0.5, 0.6) is 0 Å². The molecule has 1 heterocycles. The van der Waals surface area contributed by atoms with E-state index in [1.807, 2.05) is 0 Å². The number of hydrogen-bond donors (Lipinski definition) is 0. The summed E-state index contributed by atoms with van der Waals surface area (Å²) in [7, 11) is 0. The molecule has 0 N–H and O–H groups in total. The Morgan fingerprint density at radius 3 is 2.82 bits per heavy atom. The molecule has 0 aromatic heterocycles. The molecular weight excluding hydrogens is 221 g/mol. The summed E-state index contributed by atoms with van der Waals surface area (Å²) in [5, 5.41) is 0. The van der Waals surface area contributed by atoms with Gasteiger partial charge in [0, 0.05) is 6.54 Å². The molecule has 0 fully saturated rings. The molecule has 0 unspecified atom stereocenters. The predicted octanol–water partition coefficient (Wildman–Crippen LogP) is 2.32. The van der Waals surface area contributed by atoms with E-state index in [9.17, 15) is 14.0 Å². The number of unbranched alkanes of at least 4 members (excludes halogenated alkanes) is 1. The number of carbonyl (C=O) groups is 2. The van der Waals surface area contributed by atoms with Gasteiger partial charge in [0.05, 0.1) is 11.3 Å². The van der Waals surface area contributed by atoms with Crippen molar-refractivity contribution < 1.29 is 14.0 Å². The van der Waals surface area contributed by atoms with Gasteiger partial charge in [-0.2, -0.15) is 0 Å². The first-order chi connectivity index (χ1) is 8.16. The van der Waals surface area contributed by atoms with Crippen molar-refractivity contribution in [3.05, 3.63) is 42.2 Å². The highest BCUT2D eigenvalue weighted by molar-refractivity contribution is 6.52. The number of fused-ring (bicyclic) bond motifs is 1. The number of allylic oxidation sites excluding steroid dienone is 1. The molecule has 0 radical (unpaired) electrons. The quantitative estimate of drug-likeness (QED) is 0.454. The summed E-state index contributed by atoms with van der Waals surface area (Å²) in [6.07, 6.45) is 3.11. The van der Waals surface area contributed by atoms with E-state index in [1.165, 1.54) is 23.1 Å². The number of hydrogen-bond acceptors (Lipinski definition) is 2. The summed E-state index contributed by atoms with van der Waals surface area (Å²) >= 11 is 0. The largest absolute Gasteiger partial charge is 0.302 e. The van der Waals surface area contributed by atoms with Crippen LogP contribution in [-0.4, -0.2) is 18.2 Å². The third-order valence-corrected chi connectivity index (χ3v) is 2.73. The Hall–Kier alpha value is -1.97. The molecule has 0 saturated carbocycles. The van der Waals surface area contributed by atoms with Crippen molar-refractivity contribution in [2.45, 2.75) is 12.8 Å². The van der Waals surface area contributed by atoms with Crippen LogP contribution in [0.1, 0.15) is 23.2 Å². The van der Waals surface area contributed by atoms with Crippen LogP contribution in [0.25, 0.3) is 0 Å². The van der Waals surface area contributed by atoms with Crippen LogP contribution in [0.3, 0.4) is 0 Å². The molecule has 0 bridgehead atoms. The normalized spacial score (nSPS) is 14.1. The first-order valence-corrected chi connectivity index (χ1v) is 5.42. The van der Waals surface area contributed by atoms with Crippen LogP contribution in [0, 0.1) is 5.82 Å². The second-order valence-corrected chi connectivity index (χ2v) is 3.85. The Bertz CT molecular complexity index is 496. The number of amides is 1. The maximum atomic E-state index is 13.6. The van der Waals surface area contributed by atoms with Gasteiger partial charge < -0.3 is 4.90 Å². The van der Waals surface area contributed by atoms with Gasteiger partial charge in [0.25, 0.3) is 11.7 Å². The van der Waals surface area contributed by atoms with Gasteiger partial charge in [0.15, 0.2) is 0 Å². The Kier molecular flexibility index (Phi) is 3.04. The summed E-state index contributed by atoms with van der Waals surface area (Å²) in [4.78, 5) is 24.5. The van der Waals surface area contributed by atoms with Crippen LogP contribution in [0.15, 0.2) is 30.9 Å². The van der Waals surface area contributed by atoms with E-state index in [1.54, 1.807) is 6.08 Å². The monoisotopic (exact) mass is 233 g/mol. The summed E-state index contributed by atoms with van der Waals surface area (Å²) < 4.78 is 13.6. The van der Waals surface area contributed by atoms with Gasteiger partial charge in [-0.15, -0.1) is 6.58 Å². The number of carbonyl (C=O) groups excluding carboxylic acids is 2. The van der Waals surface area contributed by atoms with E-state index in [-0.39, 0.29) is 11.3 Å². The molecular formula is C13H12FNO2. The zero-order chi connectivity index (χ0) is 12.4. The van der Waals surface area contributed by atoms with Crippen molar-refractivity contribution in [2.75, 3.05) is 11.4 Å². The van der Waals surface area contributed by atoms with Crippen molar-refractivity contribution in [3.63, 3.8) is 0 Å². The molecule has 0 aliphatic carbocycles. The van der Waals surface area contributed by atoms with Gasteiger partial charge in [-0.1, -0.05) is 12.1 Å². The Morgan fingerprint density at radius 2 is 2.12 bits per heavy atom. The molecule has 3 nitrogen and oxygen atoms in total. The first-order valence-electron chi connectivity index (χ1n) is 5.42. The smallest absolute Gasteiger partial charge is 0.299 e. The zero-order valence-corrected chi connectivity index (χ0v) is 9.28. The Balaban J connectivity index is 2.33. The lowest BCUT2D eigenvalue weighted by Crippen LogP contribution is -2.31. The van der Waals surface area contributed by atoms with Gasteiger partial charge in [-0.25, -0.2) is 4.39 Å². The Labute approximate surface area is 98.5 Å². The fourth-order valence-corrected chi connectivity index (χ4v) is 1.92. The van der Waals surface area contributed by atoms with E-state index >= 15 is 0 Å². The molecule has 1 aliphatic heterocycles. The molecule has 0 atom stereocenters. The zero-order valence-electron chi connectivity index (χ0n) is 9.28. The maximum Gasteiger partial charge on any atom is 0.299 e. The number of rotatable bonds is 4. The number of anilines is 1. The van der Waals surface area contributed by atoms with Gasteiger partial charge in [0.2, 0.25) is 0 Å². The van der Waals surface area contributed by atoms with Crippen molar-refractivity contribution in [1.29, 1.82) is 0 Å². The summed E-state index contributed by atoms with van der Waals surface area (Å²) in [5.41, 5.74) is 0.278. The summed E-state index contributed by atoms with van der Waals surface area (Å²) in [6.45, 7) is 3.91. The number of ketones is 1. The minimum absolute atomic E-state index is 0.117. The standard InChI is InChI=1S/C13H12FNO2/c1-2-3-4-8-15-11-9(12(16)13(15)17)6-5-7-10(11)14/h2,5-7H,1,3-4,8H2. The SMILES string of the molecule is C=CCCCN1C(=O)C(=O)c2cccc(F)c21. The van der Waals surface area contributed by atoms with Crippen LogP contribution < -0.4 is 4.90 Å². The second kappa shape index (κ2) is 4.49. The molecule has 4 heteroatoms. The molecule has 0 saturated heterocycles. The van der Waals surface area contributed by atoms with Crippen LogP contribution in [-0.2, 0) is 4.79 Å². The lowest BCUT2D eigenvalue weighted by atomic mass is 10.1. The molecule has 0 spiro atoms. The topological polar surface area (TPSA) is 37.4 Å². The van der Waals surface area contributed by atoms with E-state index in [2.05, 4.69) is 6.58 Å². The van der Waals surface area contributed by atoms with Crippen LogP contribution >= 0.6 is 0 Å². The first kappa shape index (κ1) is 11.5. The minimum atomic E-state index is -0.644. The van der Waals surface area contributed by atoms with Gasteiger partial charge >= 0.3 is 0 Å². The van der Waals surface area contributed by atoms with Crippen molar-refractivity contribution in [3.8, 4) is 0 Å². The predicted molar refractivity (Wildman–Crippen MR) is 62.5 cm³/mol. The fourth-order valence-electron chi connectivity index (χ4n) is 1.92. The van der Waals surface area contributed by atoms with Gasteiger partial charge in [-0.05, 0) is 25.0 Å². The van der Waals surface area contributed by atoms with E-state index in [0.29, 0.717) is 13.0 Å². The lowest BCUT2D eigenvalue weighted by molar-refractivity contribution is -0.114. The number of benzene rings is 1. The number of nitrogens with zero attached hydrogens (tertiary/aromatic N) is 1. The molecule has 17 heavy (non-hydrogen) atoms. The van der Waals surface area contributed by atoms with E-state index < -0.39 is 17.5 Å². The minimum Gasteiger partial charge on any atom is -0.302 e. The molecule has 2 rings (SSSR count). The van der Waals surface area contributed by atoms with Crippen molar-refractivity contribution in [1.82, 2.24) is 0 Å². The van der Waals surface area contributed by atoms with Crippen LogP contribution in [0.2, 0.25) is 0 Å². The highest BCUT2D eigenvalue weighted by atomic mass is 19.1. The second-order valence-electron chi connectivity index (χ2n) is 3.85. The number of halogens is 1. The third kappa shape index (κ3) is 1.86. The average molecular weight is 233 g/mol. The van der Waals surface area contributed by atoms with Crippen molar-refractivity contribution >= 4 is 17.4 Å². The molecule has 1 aromatic rings. The van der Waals surface area contributed by atoms with E-state index in [4.69, 9.17) is 0 Å². The maximum absolute atomic E-state index is 13.6. The molecule has 1 amide bonds. The van der Waals surface area contributed by atoms with Crippen LogP contribution in [0.4, 0.5) is 10.1 Å². The highest BCUT2D eigenvalue weighted by Gasteiger charge is 2.37. The van der Waals surface area contributed by atoms with Gasteiger partial charge in [-0.3, -0.25) is 9.59 Å². The average Bonchev–Trinajstić information content (AvgIpc) is 2.56. The summed E-state index contributed by atoms with van der Waals surface area (Å²) in [5.74, 6) is -1.80. The molecule has 88 valence electrons. The van der Waals surface area contributed by atoms with Gasteiger partial charge in [0.1, 0.15) is 5.82 Å².